The summed E-state index contributed by atoms with van der Waals surface area (Å²) < 4.78 is 48.2. The molecule has 0 saturated carbocycles. The lowest BCUT2D eigenvalue weighted by molar-refractivity contribution is -0.195. The van der Waals surface area contributed by atoms with Crippen LogP contribution in [0, 0.1) is 0 Å². The van der Waals surface area contributed by atoms with Crippen molar-refractivity contribution in [3.05, 3.63) is 0 Å². The van der Waals surface area contributed by atoms with Crippen molar-refractivity contribution in [2.24, 2.45) is 10.7 Å². The molecular formula is C4H2F4N2OS. The van der Waals surface area contributed by atoms with Crippen molar-refractivity contribution in [2.75, 3.05) is 0 Å². The molecule has 0 aromatic heterocycles. The summed E-state index contributed by atoms with van der Waals surface area (Å²) in [6.07, 6.45) is -5.28. The van der Waals surface area contributed by atoms with E-state index in [1.807, 2.05) is 0 Å². The highest BCUT2D eigenvalue weighted by Gasteiger charge is 2.66. The van der Waals surface area contributed by atoms with Crippen molar-refractivity contribution in [1.82, 2.24) is 0 Å². The Hall–Kier alpha value is -0.790. The van der Waals surface area contributed by atoms with Gasteiger partial charge >= 0.3 is 17.1 Å². The van der Waals surface area contributed by atoms with Gasteiger partial charge in [0.25, 0.3) is 0 Å². The van der Waals surface area contributed by atoms with Gasteiger partial charge in [0.05, 0.1) is 0 Å². The fraction of sp³-hybridized carbons (Fsp3) is 0.500. The quantitative estimate of drug-likeness (QED) is 0.591. The third kappa shape index (κ3) is 1.15. The molecule has 0 aliphatic carbocycles. The van der Waals surface area contributed by atoms with Crippen molar-refractivity contribution in [3.8, 4) is 0 Å². The van der Waals surface area contributed by atoms with Gasteiger partial charge in [0.1, 0.15) is 0 Å². The maximum Gasteiger partial charge on any atom is 0.442 e. The Bertz CT molecular complexity index is 262. The van der Waals surface area contributed by atoms with E-state index in [-0.39, 0.29) is 0 Å². The van der Waals surface area contributed by atoms with Crippen LogP contribution in [0.25, 0.3) is 0 Å². The topological polar surface area (TPSA) is 55.4 Å². The first-order valence-electron chi connectivity index (χ1n) is 2.60. The van der Waals surface area contributed by atoms with Crippen molar-refractivity contribution < 1.29 is 22.4 Å². The summed E-state index contributed by atoms with van der Waals surface area (Å²) in [5.41, 5.74) is 4.75. The van der Waals surface area contributed by atoms with Gasteiger partial charge in [-0.25, -0.2) is 4.39 Å². The molecule has 8 heteroatoms. The Balaban J connectivity index is 2.99. The second-order valence-electron chi connectivity index (χ2n) is 1.95. The van der Waals surface area contributed by atoms with E-state index >= 15 is 0 Å². The van der Waals surface area contributed by atoms with E-state index in [2.05, 4.69) is 4.99 Å². The van der Waals surface area contributed by atoms with Gasteiger partial charge in [0.2, 0.25) is 0 Å². The molecule has 0 fully saturated rings. The molecule has 1 aliphatic heterocycles. The first kappa shape index (κ1) is 9.30. The molecule has 1 heterocycles. The predicted molar refractivity (Wildman–Crippen MR) is 34.1 cm³/mol. The molecule has 68 valence electrons. The zero-order chi connectivity index (χ0) is 9.57. The molecule has 1 rings (SSSR count). The van der Waals surface area contributed by atoms with Crippen LogP contribution < -0.4 is 5.73 Å². The normalized spacial score (nSPS) is 30.7. The van der Waals surface area contributed by atoms with Gasteiger partial charge in [-0.3, -0.25) is 4.79 Å². The number of amidine groups is 1. The fourth-order valence-corrected chi connectivity index (χ4v) is 1.23. The molecule has 2 N–H and O–H groups in total. The van der Waals surface area contributed by atoms with E-state index in [0.29, 0.717) is 0 Å². The lowest BCUT2D eigenvalue weighted by Crippen LogP contribution is -2.42. The summed E-state index contributed by atoms with van der Waals surface area (Å²) in [6, 6.07) is 0. The molecule has 0 bridgehead atoms. The Labute approximate surface area is 68.0 Å². The SMILES string of the molecule is NC1=NC(=O)[C@](F)(C(F)(F)F)S1. The van der Waals surface area contributed by atoms with Crippen LogP contribution >= 0.6 is 11.8 Å². The third-order valence-electron chi connectivity index (χ3n) is 1.10. The number of alkyl halides is 4. The number of amides is 1. The Morgan fingerprint density at radius 1 is 1.50 bits per heavy atom. The van der Waals surface area contributed by atoms with Crippen LogP contribution in [-0.2, 0) is 4.79 Å². The minimum absolute atomic E-state index is 0.431. The number of hydrogen-bond acceptors (Lipinski definition) is 3. The van der Waals surface area contributed by atoms with E-state index in [9.17, 15) is 22.4 Å². The molecule has 0 radical (unpaired) electrons. The standard InChI is InChI=1S/C4H2F4N2OS/c5-3(4(6,7)8)1(11)10-2(9)12-3/h(H2,9,10,11)/t3-/m1/s1. The number of hydrogen-bond donors (Lipinski definition) is 1. The summed E-state index contributed by atoms with van der Waals surface area (Å²) in [5, 5.41) is -4.70. The number of carbonyl (C=O) groups excluding carboxylic acids is 1. The molecule has 0 aromatic carbocycles. The van der Waals surface area contributed by atoms with Gasteiger partial charge in [0.15, 0.2) is 5.17 Å². The summed E-state index contributed by atoms with van der Waals surface area (Å²) in [6.45, 7) is 0. The minimum Gasteiger partial charge on any atom is -0.378 e. The van der Waals surface area contributed by atoms with Gasteiger partial charge in [-0.15, -0.1) is 0 Å². The Morgan fingerprint density at radius 3 is 2.17 bits per heavy atom. The van der Waals surface area contributed by atoms with Gasteiger partial charge in [-0.2, -0.15) is 18.2 Å². The van der Waals surface area contributed by atoms with Crippen LogP contribution in [-0.4, -0.2) is 22.3 Å². The highest BCUT2D eigenvalue weighted by molar-refractivity contribution is 8.16. The second-order valence-corrected chi connectivity index (χ2v) is 3.14. The van der Waals surface area contributed by atoms with E-state index in [1.165, 1.54) is 0 Å². The number of thioether (sulfide) groups is 1. The van der Waals surface area contributed by atoms with Crippen LogP contribution in [0.5, 0.6) is 0 Å². The molecule has 0 unspecified atom stereocenters. The van der Waals surface area contributed by atoms with Crippen molar-refractivity contribution in [2.45, 2.75) is 11.2 Å². The number of carbonyl (C=O) groups is 1. The van der Waals surface area contributed by atoms with E-state index in [0.717, 1.165) is 0 Å². The molecule has 1 aliphatic rings. The third-order valence-corrected chi connectivity index (χ3v) is 2.08. The number of nitrogens with two attached hydrogens (primary N) is 1. The molecule has 1 atom stereocenters. The van der Waals surface area contributed by atoms with Gasteiger partial charge < -0.3 is 5.73 Å². The van der Waals surface area contributed by atoms with Gasteiger partial charge in [-0.05, 0) is 11.8 Å². The number of aliphatic imine (C=N–C) groups is 1. The first-order valence-corrected chi connectivity index (χ1v) is 3.42. The van der Waals surface area contributed by atoms with Crippen molar-refractivity contribution in [1.29, 1.82) is 0 Å². The first-order chi connectivity index (χ1) is 5.27. The van der Waals surface area contributed by atoms with Crippen LogP contribution in [0.4, 0.5) is 17.6 Å². The zero-order valence-corrected chi connectivity index (χ0v) is 6.17. The van der Waals surface area contributed by atoms with Crippen LogP contribution in [0.1, 0.15) is 0 Å². The molecule has 1 amide bonds. The smallest absolute Gasteiger partial charge is 0.378 e. The number of nitrogens with zero attached hydrogens (tertiary/aromatic N) is 1. The minimum atomic E-state index is -5.28. The van der Waals surface area contributed by atoms with Crippen LogP contribution in [0.2, 0.25) is 0 Å². The largest absolute Gasteiger partial charge is 0.442 e. The molecule has 3 nitrogen and oxygen atoms in total. The fourth-order valence-electron chi connectivity index (χ4n) is 0.562. The van der Waals surface area contributed by atoms with Crippen molar-refractivity contribution >= 4 is 22.8 Å². The van der Waals surface area contributed by atoms with Crippen molar-refractivity contribution in [3.63, 3.8) is 0 Å². The monoisotopic (exact) mass is 202 g/mol. The maximum atomic E-state index is 12.8. The second kappa shape index (κ2) is 2.35. The lowest BCUT2D eigenvalue weighted by Gasteiger charge is -2.17. The summed E-state index contributed by atoms with van der Waals surface area (Å²) in [7, 11) is 0. The average Bonchev–Trinajstić information content (AvgIpc) is 2.06. The van der Waals surface area contributed by atoms with E-state index in [1.54, 1.807) is 0 Å². The van der Waals surface area contributed by atoms with Crippen LogP contribution in [0.3, 0.4) is 0 Å². The Morgan fingerprint density at radius 2 is 2.00 bits per heavy atom. The predicted octanol–water partition coefficient (Wildman–Crippen LogP) is 0.803. The summed E-state index contributed by atoms with van der Waals surface area (Å²) >= 11 is -0.431. The highest BCUT2D eigenvalue weighted by atomic mass is 32.2. The summed E-state index contributed by atoms with van der Waals surface area (Å²) in [5.74, 6) is -1.91. The average molecular weight is 202 g/mol. The molecular weight excluding hydrogens is 200 g/mol. The number of rotatable bonds is 0. The van der Waals surface area contributed by atoms with Gasteiger partial charge in [0, 0.05) is 0 Å². The lowest BCUT2D eigenvalue weighted by atomic mass is 10.3. The van der Waals surface area contributed by atoms with Gasteiger partial charge in [-0.1, -0.05) is 0 Å². The van der Waals surface area contributed by atoms with Crippen LogP contribution in [0.15, 0.2) is 4.99 Å². The molecule has 12 heavy (non-hydrogen) atoms. The number of halogens is 4. The maximum absolute atomic E-state index is 12.8. The molecule has 0 aromatic rings. The highest BCUT2D eigenvalue weighted by Crippen LogP contribution is 2.46. The van der Waals surface area contributed by atoms with E-state index in [4.69, 9.17) is 5.73 Å². The van der Waals surface area contributed by atoms with E-state index < -0.39 is 34.0 Å². The molecule has 0 spiro atoms. The zero-order valence-electron chi connectivity index (χ0n) is 5.35. The Kier molecular flexibility index (Phi) is 1.82. The summed E-state index contributed by atoms with van der Waals surface area (Å²) in [4.78, 5) is 13.0. The molecule has 0 saturated heterocycles.